The van der Waals surface area contributed by atoms with Crippen molar-refractivity contribution in [2.45, 2.75) is 18.5 Å². The summed E-state index contributed by atoms with van der Waals surface area (Å²) in [6, 6.07) is 6.96. The maximum atomic E-state index is 12.5. The van der Waals surface area contributed by atoms with Crippen molar-refractivity contribution in [3.8, 4) is 5.75 Å². The van der Waals surface area contributed by atoms with Gasteiger partial charge in [-0.1, -0.05) is 30.3 Å². The molecular weight excluding hydrogens is 438 g/mol. The molecule has 0 atom stereocenters. The van der Waals surface area contributed by atoms with Crippen LogP contribution in [0.15, 0.2) is 29.4 Å². The SMILES string of the molecule is CCCSc1nc2nc(N)nc(N3CCN(C(=O)COc4ccc(Cl)cc4)CC3)c2[nH]1. The van der Waals surface area contributed by atoms with Crippen molar-refractivity contribution >= 4 is 52.2 Å². The number of amides is 1. The lowest BCUT2D eigenvalue weighted by Gasteiger charge is -2.35. The quantitative estimate of drug-likeness (QED) is 0.516. The molecule has 4 rings (SSSR count). The molecule has 0 radical (unpaired) electrons. The molecule has 31 heavy (non-hydrogen) atoms. The highest BCUT2D eigenvalue weighted by molar-refractivity contribution is 7.99. The summed E-state index contributed by atoms with van der Waals surface area (Å²) in [6.45, 7) is 4.52. The Morgan fingerprint density at radius 1 is 1.19 bits per heavy atom. The van der Waals surface area contributed by atoms with Gasteiger partial charge in [-0.15, -0.1) is 0 Å². The van der Waals surface area contributed by atoms with Crippen molar-refractivity contribution < 1.29 is 9.53 Å². The van der Waals surface area contributed by atoms with Gasteiger partial charge in [0.25, 0.3) is 5.91 Å². The number of aromatic nitrogens is 4. The largest absolute Gasteiger partial charge is 0.484 e. The molecule has 1 saturated heterocycles. The van der Waals surface area contributed by atoms with Gasteiger partial charge in [-0.3, -0.25) is 4.79 Å². The van der Waals surface area contributed by atoms with E-state index >= 15 is 0 Å². The number of carbonyl (C=O) groups is 1. The van der Waals surface area contributed by atoms with E-state index in [4.69, 9.17) is 22.1 Å². The number of nitrogen functional groups attached to an aromatic ring is 1. The minimum Gasteiger partial charge on any atom is -0.484 e. The van der Waals surface area contributed by atoms with Gasteiger partial charge in [-0.2, -0.15) is 9.97 Å². The number of nitrogens with two attached hydrogens (primary N) is 1. The number of benzene rings is 1. The van der Waals surface area contributed by atoms with Gasteiger partial charge in [0.05, 0.1) is 0 Å². The van der Waals surface area contributed by atoms with Crippen LogP contribution in [-0.2, 0) is 4.79 Å². The normalized spacial score (nSPS) is 14.3. The van der Waals surface area contributed by atoms with Crippen LogP contribution in [-0.4, -0.2) is 69.3 Å². The zero-order valence-electron chi connectivity index (χ0n) is 17.2. The third-order valence-electron chi connectivity index (χ3n) is 4.88. The van der Waals surface area contributed by atoms with E-state index in [9.17, 15) is 4.79 Å². The molecule has 1 fully saturated rings. The van der Waals surface area contributed by atoms with E-state index in [0.717, 1.165) is 28.7 Å². The molecule has 2 aromatic heterocycles. The highest BCUT2D eigenvalue weighted by Crippen LogP contribution is 2.27. The first-order valence-electron chi connectivity index (χ1n) is 10.1. The van der Waals surface area contributed by atoms with E-state index < -0.39 is 0 Å². The van der Waals surface area contributed by atoms with Crippen LogP contribution in [0.4, 0.5) is 11.8 Å². The standard InChI is InChI=1S/C20H24ClN7O2S/c1-2-11-31-20-23-16-17(25-20)24-19(22)26-18(16)28-9-7-27(8-10-28)15(29)12-30-14-5-3-13(21)4-6-14/h3-6H,2,7-12H2,1H3,(H3,22,23,24,25,26). The molecule has 3 heterocycles. The fraction of sp³-hybridized carbons (Fsp3) is 0.400. The zero-order chi connectivity index (χ0) is 21.8. The number of thioether (sulfide) groups is 1. The summed E-state index contributed by atoms with van der Waals surface area (Å²) in [7, 11) is 0. The van der Waals surface area contributed by atoms with Crippen LogP contribution in [0, 0.1) is 0 Å². The van der Waals surface area contributed by atoms with Crippen molar-refractivity contribution in [1.82, 2.24) is 24.8 Å². The van der Waals surface area contributed by atoms with Crippen LogP contribution >= 0.6 is 23.4 Å². The zero-order valence-corrected chi connectivity index (χ0v) is 18.7. The van der Waals surface area contributed by atoms with Gasteiger partial charge >= 0.3 is 0 Å². The maximum Gasteiger partial charge on any atom is 0.260 e. The van der Waals surface area contributed by atoms with Gasteiger partial charge in [-0.05, 0) is 30.7 Å². The second-order valence-electron chi connectivity index (χ2n) is 7.10. The lowest BCUT2D eigenvalue weighted by molar-refractivity contribution is -0.133. The van der Waals surface area contributed by atoms with E-state index in [1.54, 1.807) is 40.9 Å². The van der Waals surface area contributed by atoms with Crippen molar-refractivity contribution in [3.63, 3.8) is 0 Å². The Labute approximate surface area is 189 Å². The second kappa shape index (κ2) is 9.61. The molecule has 1 amide bonds. The molecule has 3 aromatic rings. The minimum atomic E-state index is -0.0539. The van der Waals surface area contributed by atoms with Crippen LogP contribution in [0.1, 0.15) is 13.3 Å². The number of rotatable bonds is 7. The predicted molar refractivity (Wildman–Crippen MR) is 123 cm³/mol. The number of hydrogen-bond donors (Lipinski definition) is 2. The summed E-state index contributed by atoms with van der Waals surface area (Å²) in [4.78, 5) is 33.0. The lowest BCUT2D eigenvalue weighted by atomic mass is 10.3. The van der Waals surface area contributed by atoms with E-state index in [1.807, 2.05) is 0 Å². The van der Waals surface area contributed by atoms with Crippen molar-refractivity contribution in [1.29, 1.82) is 0 Å². The van der Waals surface area contributed by atoms with E-state index in [0.29, 0.717) is 42.6 Å². The molecule has 9 nitrogen and oxygen atoms in total. The molecule has 11 heteroatoms. The summed E-state index contributed by atoms with van der Waals surface area (Å²) in [5, 5.41) is 1.44. The molecule has 1 aliphatic rings. The first-order valence-corrected chi connectivity index (χ1v) is 11.5. The number of ether oxygens (including phenoxy) is 1. The van der Waals surface area contributed by atoms with Crippen LogP contribution in [0.5, 0.6) is 5.75 Å². The van der Waals surface area contributed by atoms with Crippen molar-refractivity contribution in [2.75, 3.05) is 49.2 Å². The molecule has 0 spiro atoms. The number of piperazine rings is 1. The Hall–Kier alpha value is -2.72. The van der Waals surface area contributed by atoms with Gasteiger partial charge in [0.1, 0.15) is 11.3 Å². The number of halogens is 1. The Bertz CT molecular complexity index is 1050. The monoisotopic (exact) mass is 461 g/mol. The van der Waals surface area contributed by atoms with Crippen molar-refractivity contribution in [3.05, 3.63) is 29.3 Å². The van der Waals surface area contributed by atoms with Gasteiger partial charge < -0.3 is 25.3 Å². The number of nitrogens with one attached hydrogen (secondary N) is 1. The summed E-state index contributed by atoms with van der Waals surface area (Å²) in [5.74, 6) is 2.45. The second-order valence-corrected chi connectivity index (χ2v) is 8.62. The average molecular weight is 462 g/mol. The molecule has 3 N–H and O–H groups in total. The first kappa shape index (κ1) is 21.5. The molecule has 0 saturated carbocycles. The summed E-state index contributed by atoms with van der Waals surface area (Å²) in [6.07, 6.45) is 1.06. The summed E-state index contributed by atoms with van der Waals surface area (Å²) >= 11 is 7.52. The summed E-state index contributed by atoms with van der Waals surface area (Å²) in [5.41, 5.74) is 7.26. The topological polar surface area (TPSA) is 113 Å². The number of aromatic amines is 1. The number of imidazole rings is 1. The third kappa shape index (κ3) is 5.13. The number of H-pyrrole nitrogens is 1. The van der Waals surface area contributed by atoms with E-state index in [1.165, 1.54) is 0 Å². The smallest absolute Gasteiger partial charge is 0.260 e. The minimum absolute atomic E-state index is 0.00903. The molecular formula is C20H24ClN7O2S. The van der Waals surface area contributed by atoms with Gasteiger partial charge in [0, 0.05) is 37.0 Å². The number of nitrogens with zero attached hydrogens (tertiary/aromatic N) is 5. The maximum absolute atomic E-state index is 12.5. The third-order valence-corrected chi connectivity index (χ3v) is 6.21. The molecule has 1 aromatic carbocycles. The van der Waals surface area contributed by atoms with Gasteiger partial charge in [0.2, 0.25) is 5.95 Å². The fourth-order valence-corrected chi connectivity index (χ4v) is 4.16. The van der Waals surface area contributed by atoms with Crippen LogP contribution in [0.3, 0.4) is 0 Å². The molecule has 164 valence electrons. The van der Waals surface area contributed by atoms with E-state index in [2.05, 4.69) is 31.8 Å². The molecule has 0 unspecified atom stereocenters. The van der Waals surface area contributed by atoms with Gasteiger partial charge in [-0.25, -0.2) is 4.98 Å². The number of anilines is 2. The fourth-order valence-electron chi connectivity index (χ4n) is 3.31. The summed E-state index contributed by atoms with van der Waals surface area (Å²) < 4.78 is 5.58. The van der Waals surface area contributed by atoms with Crippen LogP contribution in [0.2, 0.25) is 5.02 Å². The van der Waals surface area contributed by atoms with Crippen LogP contribution < -0.4 is 15.4 Å². The highest BCUT2D eigenvalue weighted by atomic mass is 35.5. The Morgan fingerprint density at radius 2 is 1.94 bits per heavy atom. The number of hydrogen-bond acceptors (Lipinski definition) is 8. The highest BCUT2D eigenvalue weighted by Gasteiger charge is 2.25. The average Bonchev–Trinajstić information content (AvgIpc) is 3.19. The number of carbonyl (C=O) groups excluding carboxylic acids is 1. The lowest BCUT2D eigenvalue weighted by Crippen LogP contribution is -2.50. The predicted octanol–water partition coefficient (Wildman–Crippen LogP) is 2.82. The first-order chi connectivity index (χ1) is 15.0. The Morgan fingerprint density at radius 3 is 2.65 bits per heavy atom. The number of fused-ring (bicyclic) bond motifs is 1. The molecule has 0 bridgehead atoms. The molecule has 1 aliphatic heterocycles. The van der Waals surface area contributed by atoms with Crippen LogP contribution in [0.25, 0.3) is 11.2 Å². The Kier molecular flexibility index (Phi) is 6.67. The van der Waals surface area contributed by atoms with E-state index in [-0.39, 0.29) is 18.5 Å². The van der Waals surface area contributed by atoms with Crippen molar-refractivity contribution in [2.24, 2.45) is 0 Å². The Balaban J connectivity index is 1.38. The molecule has 0 aliphatic carbocycles. The van der Waals surface area contributed by atoms with Gasteiger partial charge in [0.15, 0.2) is 23.2 Å².